The molecular formula is C25H37IN6. The minimum Gasteiger partial charge on any atom is -0.354 e. The highest BCUT2D eigenvalue weighted by molar-refractivity contribution is 14.0. The number of piperidine rings is 1. The van der Waals surface area contributed by atoms with E-state index in [0.29, 0.717) is 0 Å². The van der Waals surface area contributed by atoms with Crippen LogP contribution in [0.15, 0.2) is 53.7 Å². The molecule has 2 aromatic rings. The van der Waals surface area contributed by atoms with Crippen LogP contribution in [0.5, 0.6) is 0 Å². The molecule has 1 aromatic carbocycles. The van der Waals surface area contributed by atoms with E-state index in [9.17, 15) is 0 Å². The zero-order valence-electron chi connectivity index (χ0n) is 19.4. The molecule has 2 fully saturated rings. The topological polar surface area (TPSA) is 47.0 Å². The van der Waals surface area contributed by atoms with Crippen LogP contribution in [-0.2, 0) is 13.0 Å². The van der Waals surface area contributed by atoms with E-state index in [1.807, 2.05) is 13.2 Å². The van der Waals surface area contributed by atoms with Gasteiger partial charge in [0.15, 0.2) is 5.96 Å². The Morgan fingerprint density at radius 1 is 1.00 bits per heavy atom. The fourth-order valence-electron chi connectivity index (χ4n) is 4.59. The molecule has 0 spiro atoms. The van der Waals surface area contributed by atoms with Gasteiger partial charge in [-0.05, 0) is 55.5 Å². The number of hydrogen-bond donors (Lipinski definition) is 1. The van der Waals surface area contributed by atoms with Crippen LogP contribution in [0.25, 0.3) is 0 Å². The summed E-state index contributed by atoms with van der Waals surface area (Å²) < 4.78 is 0. The quantitative estimate of drug-likeness (QED) is 0.353. The van der Waals surface area contributed by atoms with Gasteiger partial charge in [-0.25, -0.2) is 4.98 Å². The summed E-state index contributed by atoms with van der Waals surface area (Å²) in [5, 5.41) is 3.58. The van der Waals surface area contributed by atoms with Crippen LogP contribution in [0.2, 0.25) is 0 Å². The molecule has 2 aliphatic heterocycles. The Kier molecular flexibility index (Phi) is 9.59. The fraction of sp³-hybridized carbons (Fsp3) is 0.520. The van der Waals surface area contributed by atoms with Crippen molar-refractivity contribution in [1.29, 1.82) is 0 Å². The number of halogens is 1. The van der Waals surface area contributed by atoms with Crippen molar-refractivity contribution in [1.82, 2.24) is 20.1 Å². The third-order valence-electron chi connectivity index (χ3n) is 6.58. The van der Waals surface area contributed by atoms with E-state index >= 15 is 0 Å². The number of piperazine rings is 1. The third kappa shape index (κ3) is 6.81. The molecule has 6 nitrogen and oxygen atoms in total. The van der Waals surface area contributed by atoms with Crippen molar-refractivity contribution >= 4 is 35.8 Å². The van der Waals surface area contributed by atoms with Gasteiger partial charge in [0.2, 0.25) is 0 Å². The maximum absolute atomic E-state index is 4.61. The summed E-state index contributed by atoms with van der Waals surface area (Å²) in [6.07, 6.45) is 5.56. The maximum atomic E-state index is 4.61. The van der Waals surface area contributed by atoms with E-state index in [2.05, 4.69) is 79.5 Å². The average Bonchev–Trinajstić information content (AvgIpc) is 2.82. The smallest absolute Gasteiger partial charge is 0.193 e. The number of nitrogens with one attached hydrogen (secondary N) is 1. The summed E-state index contributed by atoms with van der Waals surface area (Å²) >= 11 is 0. The lowest BCUT2D eigenvalue weighted by atomic mass is 9.90. The SMILES string of the molecule is CN=C(NCc1ccnc(N2CCN(C)CC2)c1)N1CCC(Cc2ccccc2)CC1.I. The van der Waals surface area contributed by atoms with E-state index in [0.717, 1.165) is 63.5 Å². The van der Waals surface area contributed by atoms with Crippen molar-refractivity contribution < 1.29 is 0 Å². The first-order valence-corrected chi connectivity index (χ1v) is 11.6. The number of likely N-dealkylation sites (N-methyl/N-ethyl adjacent to an activating group) is 1. The number of guanidine groups is 1. The van der Waals surface area contributed by atoms with Gasteiger partial charge in [-0.15, -0.1) is 24.0 Å². The lowest BCUT2D eigenvalue weighted by Gasteiger charge is -2.34. The first-order valence-electron chi connectivity index (χ1n) is 11.6. The van der Waals surface area contributed by atoms with Crippen molar-refractivity contribution in [3.8, 4) is 0 Å². The number of nitrogens with zero attached hydrogens (tertiary/aromatic N) is 5. The second kappa shape index (κ2) is 12.4. The van der Waals surface area contributed by atoms with Crippen LogP contribution in [0, 0.1) is 5.92 Å². The third-order valence-corrected chi connectivity index (χ3v) is 6.58. The molecule has 0 atom stereocenters. The van der Waals surface area contributed by atoms with E-state index in [1.54, 1.807) is 0 Å². The minimum atomic E-state index is 0. The highest BCUT2D eigenvalue weighted by Gasteiger charge is 2.22. The summed E-state index contributed by atoms with van der Waals surface area (Å²) in [4.78, 5) is 16.3. The molecule has 4 rings (SSSR count). The summed E-state index contributed by atoms with van der Waals surface area (Å²) in [5.41, 5.74) is 2.71. The highest BCUT2D eigenvalue weighted by atomic mass is 127. The molecule has 3 heterocycles. The molecular weight excluding hydrogens is 511 g/mol. The number of rotatable bonds is 5. The van der Waals surface area contributed by atoms with Gasteiger partial charge in [-0.1, -0.05) is 30.3 Å². The summed E-state index contributed by atoms with van der Waals surface area (Å²) in [6.45, 7) is 7.19. The number of hydrogen-bond acceptors (Lipinski definition) is 4. The first kappa shape index (κ1) is 24.8. The second-order valence-corrected chi connectivity index (χ2v) is 8.83. The Morgan fingerprint density at radius 3 is 2.41 bits per heavy atom. The second-order valence-electron chi connectivity index (χ2n) is 8.83. The minimum absolute atomic E-state index is 0. The van der Waals surface area contributed by atoms with E-state index in [-0.39, 0.29) is 24.0 Å². The van der Waals surface area contributed by atoms with Gasteiger partial charge in [0.25, 0.3) is 0 Å². The largest absolute Gasteiger partial charge is 0.354 e. The Labute approximate surface area is 210 Å². The molecule has 7 heteroatoms. The zero-order valence-corrected chi connectivity index (χ0v) is 21.7. The molecule has 0 amide bonds. The van der Waals surface area contributed by atoms with Gasteiger partial charge in [0.1, 0.15) is 5.82 Å². The summed E-state index contributed by atoms with van der Waals surface area (Å²) in [5.74, 6) is 2.86. The Hall–Kier alpha value is -1.87. The van der Waals surface area contributed by atoms with Crippen molar-refractivity contribution in [3.63, 3.8) is 0 Å². The van der Waals surface area contributed by atoms with Gasteiger partial charge >= 0.3 is 0 Å². The lowest BCUT2D eigenvalue weighted by Crippen LogP contribution is -2.45. The molecule has 0 aliphatic carbocycles. The number of aliphatic imine (C=N–C) groups is 1. The predicted molar refractivity (Wildman–Crippen MR) is 144 cm³/mol. The highest BCUT2D eigenvalue weighted by Crippen LogP contribution is 2.22. The molecule has 32 heavy (non-hydrogen) atoms. The Morgan fingerprint density at radius 2 is 1.72 bits per heavy atom. The fourth-order valence-corrected chi connectivity index (χ4v) is 4.59. The van der Waals surface area contributed by atoms with Crippen molar-refractivity contribution in [2.24, 2.45) is 10.9 Å². The van der Waals surface area contributed by atoms with Crippen LogP contribution in [0.4, 0.5) is 5.82 Å². The molecule has 1 N–H and O–H groups in total. The molecule has 2 saturated heterocycles. The van der Waals surface area contributed by atoms with E-state index < -0.39 is 0 Å². The van der Waals surface area contributed by atoms with E-state index in [1.165, 1.54) is 30.4 Å². The number of pyridine rings is 1. The average molecular weight is 549 g/mol. The lowest BCUT2D eigenvalue weighted by molar-refractivity contribution is 0.259. The van der Waals surface area contributed by atoms with Crippen LogP contribution in [-0.4, -0.2) is 74.1 Å². The number of likely N-dealkylation sites (tertiary alicyclic amines) is 1. The molecule has 0 saturated carbocycles. The summed E-state index contributed by atoms with van der Waals surface area (Å²) in [7, 11) is 4.07. The molecule has 0 radical (unpaired) electrons. The van der Waals surface area contributed by atoms with Crippen LogP contribution in [0.1, 0.15) is 24.0 Å². The Balaban J connectivity index is 0.00000289. The van der Waals surface area contributed by atoms with Gasteiger partial charge in [0, 0.05) is 59.1 Å². The van der Waals surface area contributed by atoms with Crippen LogP contribution < -0.4 is 10.2 Å². The summed E-state index contributed by atoms with van der Waals surface area (Å²) in [6, 6.07) is 15.2. The standard InChI is InChI=1S/C25H36N6.HI/c1-26-25(31-12-9-22(10-13-31)18-21-6-4-3-5-7-21)28-20-23-8-11-27-24(19-23)30-16-14-29(2)15-17-30;/h3-8,11,19,22H,9-10,12-18,20H2,1-2H3,(H,26,28);1H. The van der Waals surface area contributed by atoms with Gasteiger partial charge < -0.3 is 20.0 Å². The number of benzene rings is 1. The Bertz CT molecular complexity index is 843. The normalized spacial score (nSPS) is 18.4. The zero-order chi connectivity index (χ0) is 21.5. The van der Waals surface area contributed by atoms with Crippen LogP contribution in [0.3, 0.4) is 0 Å². The predicted octanol–water partition coefficient (Wildman–Crippen LogP) is 3.48. The van der Waals surface area contributed by atoms with Gasteiger partial charge in [-0.2, -0.15) is 0 Å². The maximum Gasteiger partial charge on any atom is 0.193 e. The molecule has 174 valence electrons. The number of aromatic nitrogens is 1. The first-order chi connectivity index (χ1) is 15.2. The molecule has 1 aromatic heterocycles. The van der Waals surface area contributed by atoms with Crippen molar-refractivity contribution in [3.05, 3.63) is 59.8 Å². The molecule has 2 aliphatic rings. The molecule has 0 unspecified atom stereocenters. The number of anilines is 1. The van der Waals surface area contributed by atoms with Gasteiger partial charge in [-0.3, -0.25) is 4.99 Å². The van der Waals surface area contributed by atoms with Crippen LogP contribution >= 0.6 is 24.0 Å². The van der Waals surface area contributed by atoms with Crippen molar-refractivity contribution in [2.75, 3.05) is 58.3 Å². The van der Waals surface area contributed by atoms with Crippen molar-refractivity contribution in [2.45, 2.75) is 25.8 Å². The monoisotopic (exact) mass is 548 g/mol. The molecule has 0 bridgehead atoms. The van der Waals surface area contributed by atoms with E-state index in [4.69, 9.17) is 0 Å². The van der Waals surface area contributed by atoms with Gasteiger partial charge in [0.05, 0.1) is 0 Å².